The fourth-order valence-electron chi connectivity index (χ4n) is 1.35. The van der Waals surface area contributed by atoms with Crippen LogP contribution in [0.2, 0.25) is 0 Å². The molecular formula is C11H9N5S. The van der Waals surface area contributed by atoms with Crippen LogP contribution in [-0.4, -0.2) is 16.2 Å². The van der Waals surface area contributed by atoms with Crippen molar-refractivity contribution in [1.82, 2.24) is 9.97 Å². The van der Waals surface area contributed by atoms with Crippen LogP contribution in [0.1, 0.15) is 0 Å². The largest absolute Gasteiger partial charge is 0.231 e. The van der Waals surface area contributed by atoms with E-state index in [-0.39, 0.29) is 0 Å². The quantitative estimate of drug-likeness (QED) is 0.270. The lowest BCUT2D eigenvalue weighted by Gasteiger charge is -2.02. The van der Waals surface area contributed by atoms with Crippen LogP contribution in [0, 0.1) is 0 Å². The summed E-state index contributed by atoms with van der Waals surface area (Å²) in [7, 11) is 0. The zero-order chi connectivity index (χ0) is 12.1. The lowest BCUT2D eigenvalue weighted by Crippen LogP contribution is -1.88. The maximum absolute atomic E-state index is 8.31. The Bertz CT molecular complexity index is 560. The summed E-state index contributed by atoms with van der Waals surface area (Å²) in [5.41, 5.74) is 10.7. The Labute approximate surface area is 103 Å². The number of azide groups is 1. The maximum Gasteiger partial charge on any atom is 0.187 e. The van der Waals surface area contributed by atoms with E-state index in [0.717, 1.165) is 16.4 Å². The first kappa shape index (κ1) is 11.4. The summed E-state index contributed by atoms with van der Waals surface area (Å²) >= 11 is 1.50. The summed E-state index contributed by atoms with van der Waals surface area (Å²) < 4.78 is 0. The highest BCUT2D eigenvalue weighted by atomic mass is 32.2. The molecule has 0 spiro atoms. The molecule has 0 N–H and O–H groups in total. The highest BCUT2D eigenvalue weighted by molar-refractivity contribution is 7.98. The summed E-state index contributed by atoms with van der Waals surface area (Å²) in [6, 6.07) is 9.11. The van der Waals surface area contributed by atoms with Crippen molar-refractivity contribution in [2.75, 3.05) is 6.26 Å². The van der Waals surface area contributed by atoms with E-state index in [0.29, 0.717) is 5.69 Å². The Balaban J connectivity index is 2.35. The highest BCUT2D eigenvalue weighted by Crippen LogP contribution is 2.22. The van der Waals surface area contributed by atoms with Crippen molar-refractivity contribution in [3.8, 4) is 11.3 Å². The molecule has 0 amide bonds. The molecule has 1 heterocycles. The molecule has 0 aliphatic heterocycles. The smallest absolute Gasteiger partial charge is 0.187 e. The molecule has 2 aromatic rings. The van der Waals surface area contributed by atoms with Gasteiger partial charge < -0.3 is 0 Å². The van der Waals surface area contributed by atoms with Gasteiger partial charge in [-0.15, -0.1) is 0 Å². The van der Waals surface area contributed by atoms with Gasteiger partial charge in [0.25, 0.3) is 0 Å². The van der Waals surface area contributed by atoms with Gasteiger partial charge >= 0.3 is 0 Å². The van der Waals surface area contributed by atoms with E-state index in [9.17, 15) is 0 Å². The molecule has 0 fully saturated rings. The minimum absolute atomic E-state index is 0.593. The topological polar surface area (TPSA) is 74.5 Å². The number of hydrogen-bond donors (Lipinski definition) is 0. The molecule has 2 rings (SSSR count). The van der Waals surface area contributed by atoms with Crippen molar-refractivity contribution < 1.29 is 0 Å². The molecule has 17 heavy (non-hydrogen) atoms. The second-order valence-electron chi connectivity index (χ2n) is 3.16. The molecule has 6 heteroatoms. The molecule has 0 saturated carbocycles. The van der Waals surface area contributed by atoms with Gasteiger partial charge in [0.2, 0.25) is 0 Å². The molecule has 0 bridgehead atoms. The van der Waals surface area contributed by atoms with Crippen molar-refractivity contribution in [2.24, 2.45) is 5.11 Å². The molecule has 0 saturated heterocycles. The third-order valence-corrected chi connectivity index (χ3v) is 2.70. The summed E-state index contributed by atoms with van der Waals surface area (Å²) in [5, 5.41) is 4.26. The molecule has 0 radical (unpaired) electrons. The van der Waals surface area contributed by atoms with Gasteiger partial charge in [-0.1, -0.05) is 41.1 Å². The Morgan fingerprint density at radius 1 is 1.24 bits per heavy atom. The zero-order valence-corrected chi connectivity index (χ0v) is 9.92. The predicted molar refractivity (Wildman–Crippen MR) is 68.1 cm³/mol. The summed E-state index contributed by atoms with van der Waals surface area (Å²) in [4.78, 5) is 11.2. The van der Waals surface area contributed by atoms with Crippen molar-refractivity contribution in [1.29, 1.82) is 0 Å². The maximum atomic E-state index is 8.31. The summed E-state index contributed by atoms with van der Waals surface area (Å²) in [5.74, 6) is 0. The predicted octanol–water partition coefficient (Wildman–Crippen LogP) is 3.81. The Morgan fingerprint density at radius 3 is 2.65 bits per heavy atom. The molecule has 1 aromatic carbocycles. The number of nitrogens with zero attached hydrogens (tertiary/aromatic N) is 5. The first-order valence-corrected chi connectivity index (χ1v) is 6.08. The molecular weight excluding hydrogens is 234 g/mol. The van der Waals surface area contributed by atoms with E-state index in [4.69, 9.17) is 5.53 Å². The SMILES string of the molecule is CSc1nccc(-c2ccc(N=[N+]=[N-])cc2)n1. The van der Waals surface area contributed by atoms with Gasteiger partial charge in [0.15, 0.2) is 5.16 Å². The van der Waals surface area contributed by atoms with E-state index in [1.54, 1.807) is 18.3 Å². The third kappa shape index (κ3) is 2.75. The fourth-order valence-corrected chi connectivity index (χ4v) is 1.71. The average Bonchev–Trinajstić information content (AvgIpc) is 2.40. The van der Waals surface area contributed by atoms with Gasteiger partial charge in [0, 0.05) is 22.4 Å². The number of hydrogen-bond acceptors (Lipinski definition) is 4. The van der Waals surface area contributed by atoms with Crippen molar-refractivity contribution in [3.05, 3.63) is 47.0 Å². The van der Waals surface area contributed by atoms with Crippen LogP contribution in [-0.2, 0) is 0 Å². The number of aromatic nitrogens is 2. The fraction of sp³-hybridized carbons (Fsp3) is 0.0909. The van der Waals surface area contributed by atoms with Gasteiger partial charge in [-0.05, 0) is 17.9 Å². The van der Waals surface area contributed by atoms with Crippen LogP contribution < -0.4 is 0 Å². The lowest BCUT2D eigenvalue weighted by molar-refractivity contribution is 0.976. The molecule has 0 unspecified atom stereocenters. The van der Waals surface area contributed by atoms with Crippen molar-refractivity contribution in [2.45, 2.75) is 5.16 Å². The molecule has 5 nitrogen and oxygen atoms in total. The molecule has 0 aliphatic carbocycles. The zero-order valence-electron chi connectivity index (χ0n) is 9.11. The van der Waals surface area contributed by atoms with Crippen molar-refractivity contribution in [3.63, 3.8) is 0 Å². The first-order valence-electron chi connectivity index (χ1n) is 4.86. The van der Waals surface area contributed by atoms with Gasteiger partial charge in [0.05, 0.1) is 5.69 Å². The van der Waals surface area contributed by atoms with E-state index in [1.165, 1.54) is 11.8 Å². The standard InChI is InChI=1S/C11H9N5S/c1-17-11-13-7-6-10(14-11)8-2-4-9(5-3-8)15-16-12/h2-7H,1H3. The van der Waals surface area contributed by atoms with Crippen LogP contribution >= 0.6 is 11.8 Å². The third-order valence-electron chi connectivity index (χ3n) is 2.14. The van der Waals surface area contributed by atoms with Crippen LogP contribution in [0.4, 0.5) is 5.69 Å². The lowest BCUT2D eigenvalue weighted by atomic mass is 10.1. The van der Waals surface area contributed by atoms with Gasteiger partial charge in [0.1, 0.15) is 0 Å². The molecule has 0 aliphatic rings. The highest BCUT2D eigenvalue weighted by Gasteiger charge is 2.01. The summed E-state index contributed by atoms with van der Waals surface area (Å²) in [6.07, 6.45) is 3.67. The Hall–Kier alpha value is -2.04. The monoisotopic (exact) mass is 243 g/mol. The minimum Gasteiger partial charge on any atom is -0.231 e. The summed E-state index contributed by atoms with van der Waals surface area (Å²) in [6.45, 7) is 0. The van der Waals surface area contributed by atoms with E-state index >= 15 is 0 Å². The van der Waals surface area contributed by atoms with Gasteiger partial charge in [-0.25, -0.2) is 9.97 Å². The minimum atomic E-state index is 0.593. The van der Waals surface area contributed by atoms with Crippen LogP contribution in [0.5, 0.6) is 0 Å². The van der Waals surface area contributed by atoms with Crippen LogP contribution in [0.15, 0.2) is 46.8 Å². The second kappa shape index (κ2) is 5.34. The molecule has 84 valence electrons. The van der Waals surface area contributed by atoms with Gasteiger partial charge in [-0.2, -0.15) is 0 Å². The van der Waals surface area contributed by atoms with Gasteiger partial charge in [-0.3, -0.25) is 0 Å². The number of thioether (sulfide) groups is 1. The Morgan fingerprint density at radius 2 is 2.00 bits per heavy atom. The molecule has 1 aromatic heterocycles. The number of rotatable bonds is 3. The van der Waals surface area contributed by atoms with Crippen molar-refractivity contribution >= 4 is 17.4 Å². The van der Waals surface area contributed by atoms with Crippen LogP contribution in [0.25, 0.3) is 21.7 Å². The van der Waals surface area contributed by atoms with E-state index < -0.39 is 0 Å². The average molecular weight is 243 g/mol. The molecule has 0 atom stereocenters. The normalized spacial score (nSPS) is 9.71. The second-order valence-corrected chi connectivity index (χ2v) is 3.94. The van der Waals surface area contributed by atoms with E-state index in [2.05, 4.69) is 20.0 Å². The first-order chi connectivity index (χ1) is 8.33. The van der Waals surface area contributed by atoms with Crippen LogP contribution in [0.3, 0.4) is 0 Å². The Kier molecular flexibility index (Phi) is 3.59. The van der Waals surface area contributed by atoms with E-state index in [1.807, 2.05) is 24.5 Å². The number of benzene rings is 1.